The normalized spacial score (nSPS) is 10.1. The standard InChI is InChI=1S/C14H11ClN2O3/c15-11-6-3-7-16-13(11)17-12(18)8-9-4-1-2-5-10(9)14(19)20/h1-7H,8H2,(H,19,20)(H,16,17,18). The summed E-state index contributed by atoms with van der Waals surface area (Å²) in [6.45, 7) is 0. The van der Waals surface area contributed by atoms with Gasteiger partial charge in [0.15, 0.2) is 5.82 Å². The third kappa shape index (κ3) is 3.33. The van der Waals surface area contributed by atoms with Crippen molar-refractivity contribution in [1.82, 2.24) is 4.98 Å². The van der Waals surface area contributed by atoms with E-state index in [1.54, 1.807) is 30.3 Å². The molecule has 2 rings (SSSR count). The van der Waals surface area contributed by atoms with E-state index in [1.165, 1.54) is 12.3 Å². The summed E-state index contributed by atoms with van der Waals surface area (Å²) in [7, 11) is 0. The van der Waals surface area contributed by atoms with Crippen LogP contribution in [0.1, 0.15) is 15.9 Å². The molecule has 2 aromatic rings. The monoisotopic (exact) mass is 290 g/mol. The van der Waals surface area contributed by atoms with Gasteiger partial charge < -0.3 is 10.4 Å². The molecule has 1 amide bonds. The van der Waals surface area contributed by atoms with Crippen molar-refractivity contribution >= 4 is 29.3 Å². The first-order valence-corrected chi connectivity index (χ1v) is 6.17. The fraction of sp³-hybridized carbons (Fsp3) is 0.0714. The first kappa shape index (κ1) is 14.0. The van der Waals surface area contributed by atoms with Gasteiger partial charge in [-0.2, -0.15) is 0 Å². The number of hydrogen-bond acceptors (Lipinski definition) is 3. The van der Waals surface area contributed by atoms with Crippen LogP contribution in [0.3, 0.4) is 0 Å². The third-order valence-corrected chi connectivity index (χ3v) is 2.92. The maximum Gasteiger partial charge on any atom is 0.335 e. The largest absolute Gasteiger partial charge is 0.478 e. The number of anilines is 1. The first-order chi connectivity index (χ1) is 9.58. The second-order valence-electron chi connectivity index (χ2n) is 4.02. The minimum Gasteiger partial charge on any atom is -0.478 e. The minimum atomic E-state index is -1.07. The average molecular weight is 291 g/mol. The number of nitrogens with one attached hydrogen (secondary N) is 1. The molecule has 1 aromatic carbocycles. The van der Waals surface area contributed by atoms with Crippen LogP contribution in [-0.4, -0.2) is 22.0 Å². The van der Waals surface area contributed by atoms with E-state index >= 15 is 0 Å². The second-order valence-corrected chi connectivity index (χ2v) is 4.43. The van der Waals surface area contributed by atoms with Gasteiger partial charge in [-0.25, -0.2) is 9.78 Å². The summed E-state index contributed by atoms with van der Waals surface area (Å²) in [5.74, 6) is -1.18. The minimum absolute atomic E-state index is 0.0601. The zero-order chi connectivity index (χ0) is 14.5. The van der Waals surface area contributed by atoms with Gasteiger partial charge in [0.2, 0.25) is 5.91 Å². The molecular weight excluding hydrogens is 280 g/mol. The molecule has 0 spiro atoms. The van der Waals surface area contributed by atoms with Crippen LogP contribution in [0, 0.1) is 0 Å². The summed E-state index contributed by atoms with van der Waals surface area (Å²) in [6.07, 6.45) is 1.45. The predicted molar refractivity (Wildman–Crippen MR) is 75.0 cm³/mol. The van der Waals surface area contributed by atoms with E-state index < -0.39 is 5.97 Å². The summed E-state index contributed by atoms with van der Waals surface area (Å²) in [5.41, 5.74) is 0.541. The van der Waals surface area contributed by atoms with E-state index in [2.05, 4.69) is 10.3 Å². The molecule has 0 saturated carbocycles. The van der Waals surface area contributed by atoms with Crippen LogP contribution in [0.5, 0.6) is 0 Å². The Morgan fingerprint density at radius 3 is 2.65 bits per heavy atom. The highest BCUT2D eigenvalue weighted by Gasteiger charge is 2.13. The molecule has 5 nitrogen and oxygen atoms in total. The van der Waals surface area contributed by atoms with Crippen molar-refractivity contribution < 1.29 is 14.7 Å². The number of aromatic carboxylic acids is 1. The Labute approximate surface area is 120 Å². The number of hydrogen-bond donors (Lipinski definition) is 2. The van der Waals surface area contributed by atoms with E-state index in [0.717, 1.165) is 0 Å². The number of carboxylic acids is 1. The van der Waals surface area contributed by atoms with Gasteiger partial charge in [0, 0.05) is 6.20 Å². The molecule has 2 N–H and O–H groups in total. The van der Waals surface area contributed by atoms with E-state index in [4.69, 9.17) is 16.7 Å². The maximum absolute atomic E-state index is 11.9. The average Bonchev–Trinajstić information content (AvgIpc) is 2.41. The Morgan fingerprint density at radius 2 is 1.95 bits per heavy atom. The van der Waals surface area contributed by atoms with Crippen LogP contribution in [0.25, 0.3) is 0 Å². The highest BCUT2D eigenvalue weighted by Crippen LogP contribution is 2.18. The first-order valence-electron chi connectivity index (χ1n) is 5.79. The van der Waals surface area contributed by atoms with Crippen molar-refractivity contribution in [1.29, 1.82) is 0 Å². The van der Waals surface area contributed by atoms with Crippen LogP contribution in [0.4, 0.5) is 5.82 Å². The molecule has 0 bridgehead atoms. The van der Waals surface area contributed by atoms with Gasteiger partial charge in [0.05, 0.1) is 17.0 Å². The van der Waals surface area contributed by atoms with Gasteiger partial charge in [-0.15, -0.1) is 0 Å². The summed E-state index contributed by atoms with van der Waals surface area (Å²) >= 11 is 5.88. The molecular formula is C14H11ClN2O3. The van der Waals surface area contributed by atoms with Crippen LogP contribution >= 0.6 is 11.6 Å². The molecule has 102 valence electrons. The number of carbonyl (C=O) groups excluding carboxylic acids is 1. The Kier molecular flexibility index (Phi) is 4.32. The lowest BCUT2D eigenvalue weighted by Crippen LogP contribution is -2.17. The fourth-order valence-electron chi connectivity index (χ4n) is 1.71. The van der Waals surface area contributed by atoms with E-state index in [9.17, 15) is 9.59 Å². The topological polar surface area (TPSA) is 79.3 Å². The fourth-order valence-corrected chi connectivity index (χ4v) is 1.88. The van der Waals surface area contributed by atoms with Crippen LogP contribution in [0.2, 0.25) is 5.02 Å². The van der Waals surface area contributed by atoms with E-state index in [0.29, 0.717) is 10.6 Å². The summed E-state index contributed by atoms with van der Waals surface area (Å²) in [5, 5.41) is 11.9. The zero-order valence-electron chi connectivity index (χ0n) is 10.3. The summed E-state index contributed by atoms with van der Waals surface area (Å²) < 4.78 is 0. The van der Waals surface area contributed by atoms with Gasteiger partial charge in [-0.1, -0.05) is 29.8 Å². The Balaban J connectivity index is 2.13. The number of amides is 1. The number of aromatic nitrogens is 1. The number of pyridine rings is 1. The second kappa shape index (κ2) is 6.16. The molecule has 0 aliphatic carbocycles. The van der Waals surface area contributed by atoms with Gasteiger partial charge in [0.1, 0.15) is 0 Å². The van der Waals surface area contributed by atoms with E-state index in [1.807, 2.05) is 0 Å². The molecule has 0 unspecified atom stereocenters. The predicted octanol–water partition coefficient (Wildman–Crippen LogP) is 2.61. The highest BCUT2D eigenvalue weighted by atomic mass is 35.5. The number of benzene rings is 1. The smallest absolute Gasteiger partial charge is 0.335 e. The van der Waals surface area contributed by atoms with Crippen molar-refractivity contribution in [3.05, 3.63) is 58.7 Å². The number of halogens is 1. The Hall–Kier alpha value is -2.40. The highest BCUT2D eigenvalue weighted by molar-refractivity contribution is 6.33. The number of nitrogens with zero attached hydrogens (tertiary/aromatic N) is 1. The lowest BCUT2D eigenvalue weighted by molar-refractivity contribution is -0.115. The molecule has 0 saturated heterocycles. The van der Waals surface area contributed by atoms with Gasteiger partial charge in [-0.05, 0) is 23.8 Å². The summed E-state index contributed by atoms with van der Waals surface area (Å²) in [6, 6.07) is 9.61. The lowest BCUT2D eigenvalue weighted by atomic mass is 10.0. The molecule has 0 aliphatic rings. The van der Waals surface area contributed by atoms with Crippen LogP contribution in [0.15, 0.2) is 42.6 Å². The van der Waals surface area contributed by atoms with Crippen molar-refractivity contribution in [2.45, 2.75) is 6.42 Å². The van der Waals surface area contributed by atoms with Gasteiger partial charge >= 0.3 is 5.97 Å². The molecule has 1 aromatic heterocycles. The van der Waals surface area contributed by atoms with Crippen molar-refractivity contribution in [3.8, 4) is 0 Å². The Bertz CT molecular complexity index is 658. The van der Waals surface area contributed by atoms with Gasteiger partial charge in [0.25, 0.3) is 0 Å². The molecule has 0 radical (unpaired) electrons. The number of carboxylic acid groups (broad SMARTS) is 1. The van der Waals surface area contributed by atoms with Gasteiger partial charge in [-0.3, -0.25) is 4.79 Å². The summed E-state index contributed by atoms with van der Waals surface area (Å²) in [4.78, 5) is 26.9. The van der Waals surface area contributed by atoms with Crippen LogP contribution in [-0.2, 0) is 11.2 Å². The molecule has 0 aliphatic heterocycles. The molecule has 6 heteroatoms. The lowest BCUT2D eigenvalue weighted by Gasteiger charge is -2.07. The quantitative estimate of drug-likeness (QED) is 0.907. The number of rotatable bonds is 4. The van der Waals surface area contributed by atoms with E-state index in [-0.39, 0.29) is 23.7 Å². The molecule has 20 heavy (non-hydrogen) atoms. The van der Waals surface area contributed by atoms with Crippen molar-refractivity contribution in [2.24, 2.45) is 0 Å². The molecule has 1 heterocycles. The SMILES string of the molecule is O=C(Cc1ccccc1C(=O)O)Nc1ncccc1Cl. The van der Waals surface area contributed by atoms with Crippen molar-refractivity contribution in [3.63, 3.8) is 0 Å². The maximum atomic E-state index is 11.9. The van der Waals surface area contributed by atoms with Crippen molar-refractivity contribution in [2.75, 3.05) is 5.32 Å². The molecule has 0 atom stereocenters. The van der Waals surface area contributed by atoms with Crippen LogP contribution < -0.4 is 5.32 Å². The third-order valence-electron chi connectivity index (χ3n) is 2.62. The number of carbonyl (C=O) groups is 2. The Morgan fingerprint density at radius 1 is 1.20 bits per heavy atom. The zero-order valence-corrected chi connectivity index (χ0v) is 11.1. The molecule has 0 fully saturated rings.